The van der Waals surface area contributed by atoms with Crippen molar-refractivity contribution in [2.24, 2.45) is 5.92 Å². The van der Waals surface area contributed by atoms with Gasteiger partial charge in [0.15, 0.2) is 0 Å². The third-order valence-corrected chi connectivity index (χ3v) is 5.78. The molecule has 3 heterocycles. The van der Waals surface area contributed by atoms with Gasteiger partial charge in [-0.05, 0) is 43.0 Å². The van der Waals surface area contributed by atoms with Gasteiger partial charge in [0.1, 0.15) is 12.4 Å². The molecule has 5 rings (SSSR count). The van der Waals surface area contributed by atoms with Crippen LogP contribution in [0.3, 0.4) is 0 Å². The van der Waals surface area contributed by atoms with Gasteiger partial charge in [-0.3, -0.25) is 0 Å². The van der Waals surface area contributed by atoms with Gasteiger partial charge in [-0.2, -0.15) is 0 Å². The highest BCUT2D eigenvalue weighted by atomic mass is 35.5. The van der Waals surface area contributed by atoms with Crippen molar-refractivity contribution in [3.63, 3.8) is 0 Å². The van der Waals surface area contributed by atoms with Crippen LogP contribution >= 0.6 is 11.6 Å². The van der Waals surface area contributed by atoms with Crippen molar-refractivity contribution in [2.45, 2.75) is 26.4 Å². The van der Waals surface area contributed by atoms with Crippen LogP contribution in [0.1, 0.15) is 25.3 Å². The van der Waals surface area contributed by atoms with Crippen LogP contribution in [0.4, 0.5) is 5.95 Å². The average Bonchev–Trinajstić information content (AvgIpc) is 2.73. The molecule has 1 aromatic heterocycles. The van der Waals surface area contributed by atoms with Gasteiger partial charge in [-0.25, -0.2) is 9.97 Å². The summed E-state index contributed by atoms with van der Waals surface area (Å²) in [6.07, 6.45) is 2.44. The highest BCUT2D eigenvalue weighted by molar-refractivity contribution is 6.30. The smallest absolute Gasteiger partial charge is 0.226 e. The summed E-state index contributed by atoms with van der Waals surface area (Å²) in [5.41, 5.74) is 4.94. The van der Waals surface area contributed by atoms with E-state index in [4.69, 9.17) is 26.3 Å². The lowest BCUT2D eigenvalue weighted by Gasteiger charge is -2.32. The Bertz CT molecular complexity index is 1040. The van der Waals surface area contributed by atoms with Crippen LogP contribution in [0, 0.1) is 5.92 Å². The Labute approximate surface area is 170 Å². The van der Waals surface area contributed by atoms with Gasteiger partial charge in [0, 0.05) is 34.8 Å². The van der Waals surface area contributed by atoms with Gasteiger partial charge in [0.25, 0.3) is 0 Å². The molecule has 0 radical (unpaired) electrons. The van der Waals surface area contributed by atoms with Crippen molar-refractivity contribution in [3.8, 4) is 28.3 Å². The summed E-state index contributed by atoms with van der Waals surface area (Å²) in [7, 11) is 0. The molecule has 2 aliphatic rings. The van der Waals surface area contributed by atoms with Crippen LogP contribution in [-0.2, 0) is 6.61 Å². The second kappa shape index (κ2) is 7.10. The van der Waals surface area contributed by atoms with E-state index in [1.54, 1.807) is 0 Å². The number of para-hydroxylation sites is 1. The molecule has 2 aromatic carbocycles. The van der Waals surface area contributed by atoms with Crippen molar-refractivity contribution in [1.82, 2.24) is 9.97 Å². The number of nitrogens with zero attached hydrogens (tertiary/aromatic N) is 3. The summed E-state index contributed by atoms with van der Waals surface area (Å²) in [4.78, 5) is 12.3. The van der Waals surface area contributed by atoms with Crippen molar-refractivity contribution in [1.29, 1.82) is 0 Å². The van der Waals surface area contributed by atoms with E-state index in [1.165, 1.54) is 12.8 Å². The highest BCUT2D eigenvalue weighted by Gasteiger charge is 2.27. The van der Waals surface area contributed by atoms with Crippen molar-refractivity contribution in [2.75, 3.05) is 18.0 Å². The zero-order chi connectivity index (χ0) is 19.1. The highest BCUT2D eigenvalue weighted by Crippen LogP contribution is 2.41. The first kappa shape index (κ1) is 17.5. The Morgan fingerprint density at radius 3 is 2.79 bits per heavy atom. The van der Waals surface area contributed by atoms with E-state index in [0.29, 0.717) is 17.5 Å². The number of piperidine rings is 1. The second-order valence-electron chi connectivity index (χ2n) is 7.69. The lowest BCUT2D eigenvalue weighted by atomic mass is 9.97. The standard InChI is InChI=1S/C23H22ClN3O/c1-15-6-5-11-27(13-15)23-25-21(16-7-4-8-17(24)12-16)19-14-28-20-10-3-2-9-18(20)22(19)26-23/h2-4,7-10,12,15H,5-6,11,13-14H2,1H3/t15-/m0/s1. The minimum atomic E-state index is 0.463. The van der Waals surface area contributed by atoms with Gasteiger partial charge in [-0.15, -0.1) is 0 Å². The zero-order valence-electron chi connectivity index (χ0n) is 15.9. The second-order valence-corrected chi connectivity index (χ2v) is 8.12. The molecule has 142 valence electrons. The lowest BCUT2D eigenvalue weighted by molar-refractivity contribution is 0.301. The maximum Gasteiger partial charge on any atom is 0.226 e. The summed E-state index contributed by atoms with van der Waals surface area (Å²) in [6.45, 7) is 4.75. The minimum Gasteiger partial charge on any atom is -0.488 e. The fraction of sp³-hybridized carbons (Fsp3) is 0.304. The van der Waals surface area contributed by atoms with Gasteiger partial charge in [0.2, 0.25) is 5.95 Å². The minimum absolute atomic E-state index is 0.463. The maximum atomic E-state index is 6.28. The van der Waals surface area contributed by atoms with Crippen LogP contribution in [-0.4, -0.2) is 23.1 Å². The molecule has 0 amide bonds. The number of hydrogen-bond donors (Lipinski definition) is 0. The van der Waals surface area contributed by atoms with E-state index in [9.17, 15) is 0 Å². The Balaban J connectivity index is 1.71. The fourth-order valence-corrected chi connectivity index (χ4v) is 4.35. The van der Waals surface area contributed by atoms with Crippen molar-refractivity contribution >= 4 is 17.5 Å². The van der Waals surface area contributed by atoms with Crippen LogP contribution in [0.2, 0.25) is 5.02 Å². The van der Waals surface area contributed by atoms with Crippen LogP contribution in [0.5, 0.6) is 5.75 Å². The molecule has 5 heteroatoms. The molecule has 0 aliphatic carbocycles. The monoisotopic (exact) mass is 391 g/mol. The van der Waals surface area contributed by atoms with E-state index in [1.807, 2.05) is 36.4 Å². The van der Waals surface area contributed by atoms with E-state index < -0.39 is 0 Å². The topological polar surface area (TPSA) is 38.2 Å². The first-order valence-electron chi connectivity index (χ1n) is 9.83. The molecular formula is C23H22ClN3O. The largest absolute Gasteiger partial charge is 0.488 e. The van der Waals surface area contributed by atoms with Crippen molar-refractivity contribution in [3.05, 3.63) is 59.1 Å². The molecule has 1 saturated heterocycles. The fourth-order valence-electron chi connectivity index (χ4n) is 4.16. The molecule has 2 aliphatic heterocycles. The molecule has 4 nitrogen and oxygen atoms in total. The lowest BCUT2D eigenvalue weighted by Crippen LogP contribution is -2.35. The average molecular weight is 392 g/mol. The number of hydrogen-bond acceptors (Lipinski definition) is 4. The number of benzene rings is 2. The summed E-state index contributed by atoms with van der Waals surface area (Å²) in [5.74, 6) is 2.33. The Morgan fingerprint density at radius 2 is 1.93 bits per heavy atom. The summed E-state index contributed by atoms with van der Waals surface area (Å²) >= 11 is 6.28. The quantitative estimate of drug-likeness (QED) is 0.570. The first-order chi connectivity index (χ1) is 13.7. The molecule has 0 N–H and O–H groups in total. The predicted molar refractivity (Wildman–Crippen MR) is 113 cm³/mol. The number of rotatable bonds is 2. The summed E-state index contributed by atoms with van der Waals surface area (Å²) in [5, 5.41) is 0.704. The SMILES string of the molecule is C[C@H]1CCCN(c2nc(-c3cccc(Cl)c3)c3c(n2)-c2ccccc2OC3)C1. The third-order valence-electron chi connectivity index (χ3n) is 5.55. The van der Waals surface area contributed by atoms with E-state index in [0.717, 1.165) is 52.9 Å². The van der Waals surface area contributed by atoms with Crippen LogP contribution < -0.4 is 9.64 Å². The van der Waals surface area contributed by atoms with Gasteiger partial charge >= 0.3 is 0 Å². The van der Waals surface area contributed by atoms with E-state index in [-0.39, 0.29) is 0 Å². The zero-order valence-corrected chi connectivity index (χ0v) is 16.6. The van der Waals surface area contributed by atoms with E-state index in [2.05, 4.69) is 24.0 Å². The van der Waals surface area contributed by atoms with Gasteiger partial charge in [0.05, 0.1) is 11.4 Å². The number of halogens is 1. The Hall–Kier alpha value is -2.59. The van der Waals surface area contributed by atoms with Gasteiger partial charge in [-0.1, -0.05) is 42.8 Å². The molecule has 0 unspecified atom stereocenters. The molecule has 3 aromatic rings. The number of fused-ring (bicyclic) bond motifs is 3. The molecule has 0 spiro atoms. The number of ether oxygens (including phenoxy) is 1. The predicted octanol–water partition coefficient (Wildman–Crippen LogP) is 5.59. The van der Waals surface area contributed by atoms with Crippen molar-refractivity contribution < 1.29 is 4.74 Å². The Kier molecular flexibility index (Phi) is 4.44. The number of aromatic nitrogens is 2. The van der Waals surface area contributed by atoms with E-state index >= 15 is 0 Å². The third kappa shape index (κ3) is 3.12. The van der Waals surface area contributed by atoms with Crippen LogP contribution in [0.15, 0.2) is 48.5 Å². The molecule has 1 fully saturated rings. The normalized spacial score (nSPS) is 18.2. The summed E-state index contributed by atoms with van der Waals surface area (Å²) < 4.78 is 6.02. The van der Waals surface area contributed by atoms with Crippen LogP contribution in [0.25, 0.3) is 22.5 Å². The molecule has 0 bridgehead atoms. The first-order valence-corrected chi connectivity index (χ1v) is 10.2. The summed E-state index contributed by atoms with van der Waals surface area (Å²) in [6, 6.07) is 16.0. The molecule has 1 atom stereocenters. The Morgan fingerprint density at radius 1 is 1.07 bits per heavy atom. The van der Waals surface area contributed by atoms with Gasteiger partial charge < -0.3 is 9.64 Å². The molecule has 28 heavy (non-hydrogen) atoms. The number of anilines is 1. The molecule has 0 saturated carbocycles. The molecular weight excluding hydrogens is 370 g/mol. The maximum absolute atomic E-state index is 6.28.